The molecule has 0 unspecified atom stereocenters. The SMILES string of the molecule is O=c1cc(I)cnn1Cc1ccc(Br)cc1. The first kappa shape index (κ1) is 11.8. The Bertz CT molecular complexity index is 551. The molecule has 1 heterocycles. The van der Waals surface area contributed by atoms with Crippen LogP contribution in [0, 0.1) is 3.57 Å². The minimum atomic E-state index is -0.0742. The molecule has 1 aromatic heterocycles. The average molecular weight is 391 g/mol. The van der Waals surface area contributed by atoms with Crippen molar-refractivity contribution in [3.05, 3.63) is 60.5 Å². The Morgan fingerprint density at radius 2 is 2.00 bits per heavy atom. The molecule has 0 aliphatic heterocycles. The molecule has 0 aliphatic carbocycles. The minimum absolute atomic E-state index is 0.0742. The molecule has 2 rings (SSSR count). The predicted octanol–water partition coefficient (Wildman–Crippen LogP) is 2.66. The van der Waals surface area contributed by atoms with E-state index >= 15 is 0 Å². The minimum Gasteiger partial charge on any atom is -0.268 e. The average Bonchev–Trinajstić information content (AvgIpc) is 2.25. The van der Waals surface area contributed by atoms with E-state index in [2.05, 4.69) is 43.6 Å². The van der Waals surface area contributed by atoms with Crippen molar-refractivity contribution >= 4 is 38.5 Å². The zero-order valence-electron chi connectivity index (χ0n) is 8.23. The lowest BCUT2D eigenvalue weighted by Gasteiger charge is -2.04. The number of hydrogen-bond donors (Lipinski definition) is 0. The molecular formula is C11H8BrIN2O. The monoisotopic (exact) mass is 390 g/mol. The summed E-state index contributed by atoms with van der Waals surface area (Å²) < 4.78 is 3.33. The van der Waals surface area contributed by atoms with Gasteiger partial charge in [-0.15, -0.1) is 0 Å². The molecule has 16 heavy (non-hydrogen) atoms. The van der Waals surface area contributed by atoms with Crippen LogP contribution in [0.2, 0.25) is 0 Å². The Hall–Kier alpha value is -0.690. The zero-order chi connectivity index (χ0) is 11.5. The van der Waals surface area contributed by atoms with Gasteiger partial charge in [-0.2, -0.15) is 5.10 Å². The summed E-state index contributed by atoms with van der Waals surface area (Å²) in [5.41, 5.74) is 0.980. The number of benzene rings is 1. The molecule has 0 saturated carbocycles. The van der Waals surface area contributed by atoms with Crippen LogP contribution in [0.3, 0.4) is 0 Å². The van der Waals surface area contributed by atoms with Gasteiger partial charge in [0.25, 0.3) is 5.56 Å². The Morgan fingerprint density at radius 3 is 2.62 bits per heavy atom. The van der Waals surface area contributed by atoms with Gasteiger partial charge >= 0.3 is 0 Å². The van der Waals surface area contributed by atoms with Crippen molar-refractivity contribution in [2.45, 2.75) is 6.54 Å². The molecular weight excluding hydrogens is 383 g/mol. The van der Waals surface area contributed by atoms with E-state index in [0.29, 0.717) is 6.54 Å². The highest BCUT2D eigenvalue weighted by molar-refractivity contribution is 14.1. The third kappa shape index (κ3) is 2.91. The van der Waals surface area contributed by atoms with Crippen molar-refractivity contribution in [2.24, 2.45) is 0 Å². The second-order valence-electron chi connectivity index (χ2n) is 3.30. The summed E-state index contributed by atoms with van der Waals surface area (Å²) in [7, 11) is 0. The van der Waals surface area contributed by atoms with Gasteiger partial charge in [-0.1, -0.05) is 28.1 Å². The maximum atomic E-state index is 11.6. The van der Waals surface area contributed by atoms with E-state index < -0.39 is 0 Å². The summed E-state index contributed by atoms with van der Waals surface area (Å²) in [6.07, 6.45) is 1.68. The second kappa shape index (κ2) is 5.09. The Balaban J connectivity index is 2.27. The largest absolute Gasteiger partial charge is 0.268 e. The lowest BCUT2D eigenvalue weighted by Crippen LogP contribution is -2.22. The number of nitrogens with zero attached hydrogens (tertiary/aromatic N) is 2. The Morgan fingerprint density at radius 1 is 1.31 bits per heavy atom. The molecule has 0 saturated heterocycles. The number of hydrogen-bond acceptors (Lipinski definition) is 2. The number of rotatable bonds is 2. The van der Waals surface area contributed by atoms with Crippen molar-refractivity contribution in [1.29, 1.82) is 0 Å². The van der Waals surface area contributed by atoms with E-state index in [1.54, 1.807) is 12.3 Å². The number of halogens is 2. The van der Waals surface area contributed by atoms with Gasteiger partial charge in [0, 0.05) is 14.1 Å². The summed E-state index contributed by atoms with van der Waals surface area (Å²) in [6, 6.07) is 9.42. The smallest absolute Gasteiger partial charge is 0.268 e. The first-order valence-corrected chi connectivity index (χ1v) is 6.49. The van der Waals surface area contributed by atoms with Crippen molar-refractivity contribution < 1.29 is 0 Å². The lowest BCUT2D eigenvalue weighted by molar-refractivity contribution is 0.636. The van der Waals surface area contributed by atoms with Crippen LogP contribution in [0.5, 0.6) is 0 Å². The summed E-state index contributed by atoms with van der Waals surface area (Å²) >= 11 is 5.45. The fourth-order valence-electron chi connectivity index (χ4n) is 1.29. The highest BCUT2D eigenvalue weighted by atomic mass is 127. The quantitative estimate of drug-likeness (QED) is 0.739. The van der Waals surface area contributed by atoms with E-state index in [4.69, 9.17) is 0 Å². The van der Waals surface area contributed by atoms with Crippen molar-refractivity contribution in [3.8, 4) is 0 Å². The molecule has 0 bridgehead atoms. The van der Waals surface area contributed by atoms with Gasteiger partial charge in [-0.25, -0.2) is 4.68 Å². The fourth-order valence-corrected chi connectivity index (χ4v) is 1.95. The molecule has 3 nitrogen and oxygen atoms in total. The molecule has 1 aromatic carbocycles. The normalized spacial score (nSPS) is 10.4. The van der Waals surface area contributed by atoms with Crippen LogP contribution in [-0.2, 0) is 6.54 Å². The van der Waals surface area contributed by atoms with Gasteiger partial charge in [0.1, 0.15) is 0 Å². The molecule has 0 aliphatic rings. The lowest BCUT2D eigenvalue weighted by atomic mass is 10.2. The standard InChI is InChI=1S/C11H8BrIN2O/c12-9-3-1-8(2-4-9)7-15-11(16)5-10(13)6-14-15/h1-6H,7H2. The van der Waals surface area contributed by atoms with Gasteiger partial charge < -0.3 is 0 Å². The predicted molar refractivity (Wildman–Crippen MR) is 74.5 cm³/mol. The highest BCUT2D eigenvalue weighted by Gasteiger charge is 1.99. The zero-order valence-corrected chi connectivity index (χ0v) is 12.0. The fraction of sp³-hybridized carbons (Fsp3) is 0.0909. The van der Waals surface area contributed by atoms with Crippen molar-refractivity contribution in [3.63, 3.8) is 0 Å². The van der Waals surface area contributed by atoms with E-state index in [1.165, 1.54) is 4.68 Å². The molecule has 0 amide bonds. The van der Waals surface area contributed by atoms with Gasteiger partial charge in [-0.3, -0.25) is 4.79 Å². The molecule has 0 radical (unpaired) electrons. The molecule has 2 aromatic rings. The van der Waals surface area contributed by atoms with Crippen molar-refractivity contribution in [2.75, 3.05) is 0 Å². The van der Waals surface area contributed by atoms with Crippen LogP contribution >= 0.6 is 38.5 Å². The molecule has 0 fully saturated rings. The van der Waals surface area contributed by atoms with E-state index in [1.807, 2.05) is 24.3 Å². The molecule has 5 heteroatoms. The highest BCUT2D eigenvalue weighted by Crippen LogP contribution is 2.10. The van der Waals surface area contributed by atoms with Crippen LogP contribution in [0.25, 0.3) is 0 Å². The van der Waals surface area contributed by atoms with Gasteiger partial charge in [0.15, 0.2) is 0 Å². The molecule has 0 spiro atoms. The van der Waals surface area contributed by atoms with Crippen LogP contribution in [0.15, 0.2) is 45.8 Å². The molecule has 82 valence electrons. The van der Waals surface area contributed by atoms with Crippen molar-refractivity contribution in [1.82, 2.24) is 9.78 Å². The van der Waals surface area contributed by atoms with Crippen LogP contribution in [0.1, 0.15) is 5.56 Å². The van der Waals surface area contributed by atoms with Crippen LogP contribution in [-0.4, -0.2) is 9.78 Å². The van der Waals surface area contributed by atoms with Crippen LogP contribution in [0.4, 0.5) is 0 Å². The van der Waals surface area contributed by atoms with Gasteiger partial charge in [0.05, 0.1) is 12.7 Å². The summed E-state index contributed by atoms with van der Waals surface area (Å²) in [5.74, 6) is 0. The molecule has 0 atom stereocenters. The van der Waals surface area contributed by atoms with E-state index in [-0.39, 0.29) is 5.56 Å². The van der Waals surface area contributed by atoms with E-state index in [0.717, 1.165) is 13.6 Å². The number of aromatic nitrogens is 2. The molecule has 0 N–H and O–H groups in total. The second-order valence-corrected chi connectivity index (χ2v) is 5.46. The summed E-state index contributed by atoms with van der Waals surface area (Å²) in [6.45, 7) is 0.503. The Kier molecular flexibility index (Phi) is 3.75. The van der Waals surface area contributed by atoms with Gasteiger partial charge in [-0.05, 0) is 40.3 Å². The topological polar surface area (TPSA) is 34.9 Å². The first-order valence-electron chi connectivity index (χ1n) is 4.62. The maximum absolute atomic E-state index is 11.6. The summed E-state index contributed by atoms with van der Waals surface area (Å²) in [4.78, 5) is 11.6. The third-order valence-electron chi connectivity index (χ3n) is 2.08. The summed E-state index contributed by atoms with van der Waals surface area (Å²) in [5, 5.41) is 4.08. The Labute approximate surface area is 115 Å². The first-order chi connectivity index (χ1) is 7.65. The maximum Gasteiger partial charge on any atom is 0.268 e. The van der Waals surface area contributed by atoms with E-state index in [9.17, 15) is 4.79 Å². The van der Waals surface area contributed by atoms with Crippen LogP contribution < -0.4 is 5.56 Å². The van der Waals surface area contributed by atoms with Gasteiger partial charge in [0.2, 0.25) is 0 Å². The third-order valence-corrected chi connectivity index (χ3v) is 3.20.